The van der Waals surface area contributed by atoms with E-state index in [-0.39, 0.29) is 36.0 Å². The second-order valence-corrected chi connectivity index (χ2v) is 6.16. The van der Waals surface area contributed by atoms with Crippen LogP contribution in [-0.4, -0.2) is 33.6 Å². The third-order valence-electron chi connectivity index (χ3n) is 4.55. The van der Waals surface area contributed by atoms with Gasteiger partial charge in [-0.2, -0.15) is 0 Å². The lowest BCUT2D eigenvalue weighted by molar-refractivity contribution is 0.0868. The Morgan fingerprint density at radius 2 is 2.00 bits per heavy atom. The molecule has 1 aliphatic rings. The number of nitrogens with two attached hydrogens (primary N) is 1. The fraction of sp³-hybridized carbons (Fsp3) is 0.389. The lowest BCUT2D eigenvalue weighted by Gasteiger charge is -2.30. The van der Waals surface area contributed by atoms with Gasteiger partial charge in [-0.3, -0.25) is 4.79 Å². The molecule has 0 aliphatic heterocycles. The van der Waals surface area contributed by atoms with Crippen LogP contribution in [0, 0.1) is 5.92 Å². The summed E-state index contributed by atoms with van der Waals surface area (Å²) in [7, 11) is 0. The number of carbonyl (C=O) groups excluding carboxylic acids is 1. The molecular weight excluding hydrogens is 304 g/mol. The Labute approximate surface area is 141 Å². The Morgan fingerprint density at radius 3 is 2.75 bits per heavy atom. The van der Waals surface area contributed by atoms with E-state index < -0.39 is 0 Å². The first-order valence-electron chi connectivity index (χ1n) is 8.28. The number of aliphatic hydroxyl groups is 1. The smallest absolute Gasteiger partial charge is 0.273 e. The number of rotatable bonds is 4. The molecule has 1 saturated carbocycles. The minimum absolute atomic E-state index is 0.0437. The zero-order chi connectivity index (χ0) is 16.9. The number of nitrogen functional groups attached to an aromatic ring is 1. The molecule has 0 spiro atoms. The van der Waals surface area contributed by atoms with Gasteiger partial charge < -0.3 is 16.2 Å². The van der Waals surface area contributed by atoms with Gasteiger partial charge in [0.1, 0.15) is 0 Å². The van der Waals surface area contributed by atoms with E-state index in [1.807, 2.05) is 30.3 Å². The average Bonchev–Trinajstić information content (AvgIpc) is 2.63. The first-order valence-corrected chi connectivity index (χ1v) is 8.28. The number of carbonyl (C=O) groups is 1. The molecule has 2 atom stereocenters. The first-order chi connectivity index (χ1) is 11.7. The average molecular weight is 326 g/mol. The van der Waals surface area contributed by atoms with Gasteiger partial charge in [-0.15, -0.1) is 0 Å². The second kappa shape index (κ2) is 7.40. The van der Waals surface area contributed by atoms with Gasteiger partial charge in [0.2, 0.25) is 0 Å². The number of benzene rings is 1. The van der Waals surface area contributed by atoms with Crippen LogP contribution in [0.4, 0.5) is 5.82 Å². The van der Waals surface area contributed by atoms with Crippen LogP contribution in [0.1, 0.15) is 36.2 Å². The number of hydrogen-bond donors (Lipinski definition) is 3. The number of aliphatic hydroxyl groups excluding tert-OH is 1. The summed E-state index contributed by atoms with van der Waals surface area (Å²) in [6.07, 6.45) is 5.49. The summed E-state index contributed by atoms with van der Waals surface area (Å²) in [6, 6.07) is 9.50. The highest BCUT2D eigenvalue weighted by atomic mass is 16.3. The van der Waals surface area contributed by atoms with Crippen molar-refractivity contribution in [2.45, 2.75) is 31.7 Å². The topological polar surface area (TPSA) is 101 Å². The molecule has 1 amide bonds. The Hall–Kier alpha value is -2.47. The van der Waals surface area contributed by atoms with E-state index in [0.717, 1.165) is 31.2 Å². The van der Waals surface area contributed by atoms with Gasteiger partial charge in [-0.25, -0.2) is 9.97 Å². The van der Waals surface area contributed by atoms with Gasteiger partial charge in [-0.05, 0) is 12.8 Å². The van der Waals surface area contributed by atoms with Crippen molar-refractivity contribution in [3.05, 3.63) is 42.2 Å². The monoisotopic (exact) mass is 326 g/mol. The van der Waals surface area contributed by atoms with E-state index in [4.69, 9.17) is 5.73 Å². The number of hydrogen-bond acceptors (Lipinski definition) is 5. The van der Waals surface area contributed by atoms with Crippen molar-refractivity contribution in [2.75, 3.05) is 12.3 Å². The summed E-state index contributed by atoms with van der Waals surface area (Å²) in [6.45, 7) is 0.0795. The molecule has 2 aromatic rings. The van der Waals surface area contributed by atoms with Gasteiger partial charge in [0.25, 0.3) is 5.91 Å². The van der Waals surface area contributed by atoms with Crippen molar-refractivity contribution in [1.29, 1.82) is 0 Å². The van der Waals surface area contributed by atoms with Crippen LogP contribution in [0.15, 0.2) is 36.5 Å². The number of anilines is 1. The van der Waals surface area contributed by atoms with Crippen LogP contribution in [-0.2, 0) is 0 Å². The third-order valence-corrected chi connectivity index (χ3v) is 4.55. The summed E-state index contributed by atoms with van der Waals surface area (Å²) in [5, 5.41) is 12.5. The molecule has 0 saturated heterocycles. The van der Waals surface area contributed by atoms with Crippen molar-refractivity contribution in [1.82, 2.24) is 15.3 Å². The Bertz CT molecular complexity index is 705. The number of nitrogens with one attached hydrogen (secondary N) is 1. The summed E-state index contributed by atoms with van der Waals surface area (Å²) in [5.41, 5.74) is 7.48. The van der Waals surface area contributed by atoms with E-state index in [0.29, 0.717) is 5.69 Å². The van der Waals surface area contributed by atoms with Crippen molar-refractivity contribution in [2.24, 2.45) is 5.92 Å². The molecule has 0 unspecified atom stereocenters. The summed E-state index contributed by atoms with van der Waals surface area (Å²) in [5.74, 6) is -0.124. The lowest BCUT2D eigenvalue weighted by Crippen LogP contribution is -2.43. The highest BCUT2D eigenvalue weighted by Crippen LogP contribution is 2.25. The van der Waals surface area contributed by atoms with E-state index in [9.17, 15) is 9.90 Å². The molecule has 6 nitrogen and oxygen atoms in total. The van der Waals surface area contributed by atoms with Crippen molar-refractivity contribution in [3.63, 3.8) is 0 Å². The maximum atomic E-state index is 12.6. The van der Waals surface area contributed by atoms with Crippen molar-refractivity contribution < 1.29 is 9.90 Å². The number of nitrogens with zero attached hydrogens (tertiary/aromatic N) is 2. The van der Waals surface area contributed by atoms with Gasteiger partial charge in [0, 0.05) is 24.1 Å². The lowest BCUT2D eigenvalue weighted by atomic mass is 9.85. The molecule has 4 N–H and O–H groups in total. The minimum atomic E-state index is -0.330. The zero-order valence-electron chi connectivity index (χ0n) is 13.5. The van der Waals surface area contributed by atoms with Crippen LogP contribution in [0.25, 0.3) is 11.3 Å². The predicted molar refractivity (Wildman–Crippen MR) is 92.2 cm³/mol. The van der Waals surface area contributed by atoms with Gasteiger partial charge in [0.05, 0.1) is 11.9 Å². The summed E-state index contributed by atoms with van der Waals surface area (Å²) >= 11 is 0. The molecule has 3 rings (SSSR count). The van der Waals surface area contributed by atoms with Crippen LogP contribution < -0.4 is 11.1 Å². The highest BCUT2D eigenvalue weighted by Gasteiger charge is 2.27. The standard InChI is InChI=1S/C18H22N4O2/c19-17-16(18(24)22-14-9-5-4-8-13(14)11-23)21-15(10-20-17)12-6-2-1-3-7-12/h1-3,6-7,10,13-14,23H,4-5,8-9,11H2,(H2,19,20)(H,22,24)/t13-,14-/m1/s1. The summed E-state index contributed by atoms with van der Waals surface area (Å²) in [4.78, 5) is 21.1. The molecule has 24 heavy (non-hydrogen) atoms. The first kappa shape index (κ1) is 16.4. The van der Waals surface area contributed by atoms with Crippen LogP contribution >= 0.6 is 0 Å². The molecule has 6 heteroatoms. The molecule has 1 aromatic carbocycles. The molecule has 126 valence electrons. The van der Waals surface area contributed by atoms with Crippen LogP contribution in [0.3, 0.4) is 0 Å². The van der Waals surface area contributed by atoms with Gasteiger partial charge in [-0.1, -0.05) is 43.2 Å². The van der Waals surface area contributed by atoms with E-state index in [2.05, 4.69) is 15.3 Å². The van der Waals surface area contributed by atoms with Crippen LogP contribution in [0.2, 0.25) is 0 Å². The Kier molecular flexibility index (Phi) is 5.05. The quantitative estimate of drug-likeness (QED) is 0.798. The van der Waals surface area contributed by atoms with Crippen LogP contribution in [0.5, 0.6) is 0 Å². The van der Waals surface area contributed by atoms with Crippen molar-refractivity contribution >= 4 is 11.7 Å². The SMILES string of the molecule is Nc1ncc(-c2ccccc2)nc1C(=O)N[C@@H]1CCCC[C@@H]1CO. The van der Waals surface area contributed by atoms with E-state index in [1.54, 1.807) is 6.20 Å². The maximum absolute atomic E-state index is 12.6. The molecule has 0 bridgehead atoms. The Morgan fingerprint density at radius 1 is 1.25 bits per heavy atom. The molecule has 1 fully saturated rings. The molecule has 1 aliphatic carbocycles. The zero-order valence-corrected chi connectivity index (χ0v) is 13.5. The second-order valence-electron chi connectivity index (χ2n) is 6.16. The number of amides is 1. The molecule has 1 heterocycles. The normalized spacial score (nSPS) is 20.5. The minimum Gasteiger partial charge on any atom is -0.396 e. The molecule has 0 radical (unpaired) electrons. The fourth-order valence-corrected chi connectivity index (χ4v) is 3.17. The fourth-order valence-electron chi connectivity index (χ4n) is 3.17. The third kappa shape index (κ3) is 3.54. The largest absolute Gasteiger partial charge is 0.396 e. The molecule has 1 aromatic heterocycles. The van der Waals surface area contributed by atoms with E-state index >= 15 is 0 Å². The van der Waals surface area contributed by atoms with E-state index in [1.165, 1.54) is 0 Å². The molecular formula is C18H22N4O2. The Balaban J connectivity index is 1.81. The highest BCUT2D eigenvalue weighted by molar-refractivity contribution is 5.97. The maximum Gasteiger partial charge on any atom is 0.273 e. The van der Waals surface area contributed by atoms with Gasteiger partial charge in [0.15, 0.2) is 11.5 Å². The predicted octanol–water partition coefficient (Wildman–Crippen LogP) is 2.01. The summed E-state index contributed by atoms with van der Waals surface area (Å²) < 4.78 is 0. The number of aromatic nitrogens is 2. The van der Waals surface area contributed by atoms with Crippen molar-refractivity contribution in [3.8, 4) is 11.3 Å². The van der Waals surface area contributed by atoms with Gasteiger partial charge >= 0.3 is 0 Å².